The van der Waals surface area contributed by atoms with Crippen LogP contribution >= 0.6 is 11.6 Å². The number of aliphatic hydroxyl groups excluding tert-OH is 1. The second-order valence-corrected chi connectivity index (χ2v) is 4.63. The predicted molar refractivity (Wildman–Crippen MR) is 77.6 cm³/mol. The minimum atomic E-state index is -0.824. The van der Waals surface area contributed by atoms with Crippen molar-refractivity contribution in [2.75, 3.05) is 5.32 Å². The van der Waals surface area contributed by atoms with Crippen LogP contribution in [0.3, 0.4) is 0 Å². The van der Waals surface area contributed by atoms with E-state index in [9.17, 15) is 14.3 Å². The number of hydrogen-bond donors (Lipinski definition) is 2. The number of rotatable bonds is 4. The fourth-order valence-electron chi connectivity index (χ4n) is 1.74. The van der Waals surface area contributed by atoms with Crippen molar-refractivity contribution in [2.45, 2.75) is 13.2 Å². The van der Waals surface area contributed by atoms with Crippen molar-refractivity contribution in [1.82, 2.24) is 0 Å². The number of nitrogens with one attached hydrogen (secondary N) is 1. The second-order valence-electron chi connectivity index (χ2n) is 4.23. The highest BCUT2D eigenvalue weighted by molar-refractivity contribution is 6.31. The third-order valence-electron chi connectivity index (χ3n) is 2.80. The molecule has 0 aliphatic heterocycles. The highest BCUT2D eigenvalue weighted by Crippen LogP contribution is 2.27. The van der Waals surface area contributed by atoms with Gasteiger partial charge in [0.15, 0.2) is 0 Å². The molecular weight excluding hydrogens is 297 g/mol. The maximum absolute atomic E-state index is 13.7. The molecule has 4 nitrogen and oxygen atoms in total. The van der Waals surface area contributed by atoms with E-state index in [1.165, 1.54) is 6.07 Å². The molecule has 1 amide bonds. The normalized spacial score (nSPS) is 10.2. The Bertz CT molecular complexity index is 634. The summed E-state index contributed by atoms with van der Waals surface area (Å²) in [5.74, 6) is -0.694. The highest BCUT2D eigenvalue weighted by Gasteiger charge is 2.15. The molecule has 0 unspecified atom stereocenters. The molecule has 2 aromatic carbocycles. The van der Waals surface area contributed by atoms with Crippen molar-refractivity contribution in [3.8, 4) is 0 Å². The molecule has 0 spiro atoms. The number of anilines is 1. The van der Waals surface area contributed by atoms with Crippen LogP contribution in [0.2, 0.25) is 5.02 Å². The Balaban J connectivity index is 2.05. The summed E-state index contributed by atoms with van der Waals surface area (Å²) in [5, 5.41) is 11.6. The Kier molecular flexibility index (Phi) is 5.14. The minimum Gasteiger partial charge on any atom is -0.444 e. The van der Waals surface area contributed by atoms with Gasteiger partial charge in [0.05, 0.1) is 12.3 Å². The molecule has 0 saturated carbocycles. The zero-order valence-corrected chi connectivity index (χ0v) is 11.7. The van der Waals surface area contributed by atoms with E-state index in [-0.39, 0.29) is 22.9 Å². The summed E-state index contributed by atoms with van der Waals surface area (Å²) in [6.45, 7) is -0.436. The van der Waals surface area contributed by atoms with E-state index >= 15 is 0 Å². The third-order valence-corrected chi connectivity index (χ3v) is 3.16. The molecule has 0 aliphatic rings. The monoisotopic (exact) mass is 309 g/mol. The summed E-state index contributed by atoms with van der Waals surface area (Å²) < 4.78 is 18.7. The summed E-state index contributed by atoms with van der Waals surface area (Å²) in [6.07, 6.45) is -0.824. The van der Waals surface area contributed by atoms with E-state index in [1.807, 2.05) is 18.2 Å². The fraction of sp³-hybridized carbons (Fsp3) is 0.133. The van der Waals surface area contributed by atoms with Gasteiger partial charge < -0.3 is 9.84 Å². The quantitative estimate of drug-likeness (QED) is 0.905. The largest absolute Gasteiger partial charge is 0.444 e. The van der Waals surface area contributed by atoms with E-state index in [2.05, 4.69) is 5.32 Å². The van der Waals surface area contributed by atoms with Crippen molar-refractivity contribution in [1.29, 1.82) is 0 Å². The number of benzene rings is 2. The zero-order chi connectivity index (χ0) is 15.2. The van der Waals surface area contributed by atoms with Gasteiger partial charge in [-0.05, 0) is 17.7 Å². The van der Waals surface area contributed by atoms with Crippen LogP contribution in [0.1, 0.15) is 11.1 Å². The number of hydrogen-bond acceptors (Lipinski definition) is 3. The van der Waals surface area contributed by atoms with Crippen LogP contribution in [0.25, 0.3) is 0 Å². The molecule has 0 fully saturated rings. The third kappa shape index (κ3) is 3.93. The first-order valence-electron chi connectivity index (χ1n) is 6.17. The van der Waals surface area contributed by atoms with Gasteiger partial charge in [0.2, 0.25) is 0 Å². The van der Waals surface area contributed by atoms with Gasteiger partial charge in [-0.15, -0.1) is 0 Å². The lowest BCUT2D eigenvalue weighted by Gasteiger charge is -2.12. The van der Waals surface area contributed by atoms with Crippen molar-refractivity contribution < 1.29 is 19.0 Å². The van der Waals surface area contributed by atoms with Crippen LogP contribution in [-0.4, -0.2) is 11.2 Å². The van der Waals surface area contributed by atoms with Gasteiger partial charge in [-0.2, -0.15) is 0 Å². The van der Waals surface area contributed by atoms with E-state index in [0.717, 1.165) is 11.6 Å². The van der Waals surface area contributed by atoms with Crippen molar-refractivity contribution in [3.63, 3.8) is 0 Å². The predicted octanol–water partition coefficient (Wildman–Crippen LogP) is 3.72. The first kappa shape index (κ1) is 15.3. The topological polar surface area (TPSA) is 58.6 Å². The highest BCUT2D eigenvalue weighted by atomic mass is 35.5. The van der Waals surface area contributed by atoms with Crippen molar-refractivity contribution >= 4 is 23.4 Å². The number of ether oxygens (including phenoxy) is 1. The molecule has 0 bridgehead atoms. The molecule has 2 aromatic rings. The molecule has 21 heavy (non-hydrogen) atoms. The second kappa shape index (κ2) is 7.06. The van der Waals surface area contributed by atoms with Gasteiger partial charge in [-0.25, -0.2) is 9.18 Å². The summed E-state index contributed by atoms with van der Waals surface area (Å²) >= 11 is 5.84. The zero-order valence-electron chi connectivity index (χ0n) is 11.0. The fourth-order valence-corrected chi connectivity index (χ4v) is 1.96. The number of carbonyl (C=O) groups excluding carboxylic acids is 1. The molecule has 0 aliphatic carbocycles. The molecule has 0 saturated heterocycles. The maximum Gasteiger partial charge on any atom is 0.412 e. The van der Waals surface area contributed by atoms with Crippen LogP contribution in [0.5, 0.6) is 0 Å². The van der Waals surface area contributed by atoms with E-state index in [4.69, 9.17) is 16.3 Å². The van der Waals surface area contributed by atoms with E-state index in [0.29, 0.717) is 0 Å². The summed E-state index contributed by atoms with van der Waals surface area (Å²) in [5.41, 5.74) is 0.734. The summed E-state index contributed by atoms with van der Waals surface area (Å²) in [6, 6.07) is 11.5. The Hall–Kier alpha value is -2.11. The molecule has 2 N–H and O–H groups in total. The Morgan fingerprint density at radius 2 is 1.95 bits per heavy atom. The van der Waals surface area contributed by atoms with Crippen molar-refractivity contribution in [2.24, 2.45) is 0 Å². The number of carbonyl (C=O) groups is 1. The molecule has 2 rings (SSSR count). The lowest BCUT2D eigenvalue weighted by atomic mass is 10.2. The molecule has 6 heteroatoms. The van der Waals surface area contributed by atoms with Gasteiger partial charge in [-0.3, -0.25) is 5.32 Å². The lowest BCUT2D eigenvalue weighted by Crippen LogP contribution is -2.16. The lowest BCUT2D eigenvalue weighted by molar-refractivity contribution is 0.155. The number of amides is 1. The molecular formula is C15H13ClFNO3. The Labute approximate surface area is 126 Å². The van der Waals surface area contributed by atoms with Crippen LogP contribution in [-0.2, 0) is 18.0 Å². The van der Waals surface area contributed by atoms with Crippen LogP contribution in [0, 0.1) is 5.82 Å². The van der Waals surface area contributed by atoms with Crippen LogP contribution < -0.4 is 5.32 Å². The summed E-state index contributed by atoms with van der Waals surface area (Å²) in [7, 11) is 0. The molecule has 0 aromatic heterocycles. The van der Waals surface area contributed by atoms with Crippen molar-refractivity contribution in [3.05, 3.63) is 64.4 Å². The first-order chi connectivity index (χ1) is 10.1. The standard InChI is InChI=1S/C15H13ClFNO3/c16-12-6-7-13(17)14(11(12)8-19)18-15(20)21-9-10-4-2-1-3-5-10/h1-7,19H,8-9H2,(H,18,20). The average Bonchev–Trinajstić information content (AvgIpc) is 2.50. The van der Waals surface area contributed by atoms with Gasteiger partial charge >= 0.3 is 6.09 Å². The van der Waals surface area contributed by atoms with Gasteiger partial charge in [0, 0.05) is 10.6 Å². The van der Waals surface area contributed by atoms with Gasteiger partial charge in [-0.1, -0.05) is 41.9 Å². The molecule has 110 valence electrons. The van der Waals surface area contributed by atoms with E-state index < -0.39 is 18.5 Å². The van der Waals surface area contributed by atoms with E-state index in [1.54, 1.807) is 12.1 Å². The smallest absolute Gasteiger partial charge is 0.412 e. The average molecular weight is 310 g/mol. The molecule has 0 heterocycles. The minimum absolute atomic E-state index is 0.0588. The van der Waals surface area contributed by atoms with Gasteiger partial charge in [0.25, 0.3) is 0 Å². The Morgan fingerprint density at radius 1 is 1.24 bits per heavy atom. The van der Waals surface area contributed by atoms with Gasteiger partial charge in [0.1, 0.15) is 12.4 Å². The molecule has 0 atom stereocenters. The van der Waals surface area contributed by atoms with Crippen LogP contribution in [0.4, 0.5) is 14.9 Å². The SMILES string of the molecule is O=C(Nc1c(F)ccc(Cl)c1CO)OCc1ccccc1. The number of aliphatic hydroxyl groups is 1. The molecule has 0 radical (unpaired) electrons. The number of halogens is 2. The maximum atomic E-state index is 13.7. The van der Waals surface area contributed by atoms with Crippen LogP contribution in [0.15, 0.2) is 42.5 Å². The first-order valence-corrected chi connectivity index (χ1v) is 6.55. The Morgan fingerprint density at radius 3 is 2.62 bits per heavy atom. The summed E-state index contributed by atoms with van der Waals surface area (Å²) in [4.78, 5) is 11.7.